The van der Waals surface area contributed by atoms with Gasteiger partial charge in [-0.3, -0.25) is 4.68 Å². The van der Waals surface area contributed by atoms with Crippen molar-refractivity contribution in [1.82, 2.24) is 20.0 Å². The van der Waals surface area contributed by atoms with Gasteiger partial charge in [0.25, 0.3) is 0 Å². The quantitative estimate of drug-likeness (QED) is 0.883. The number of nitrogens with zero attached hydrogens (tertiary/aromatic N) is 3. The molecule has 0 aromatic carbocycles. The van der Waals surface area contributed by atoms with Crippen molar-refractivity contribution >= 4 is 15.9 Å². The van der Waals surface area contributed by atoms with Crippen LogP contribution in [-0.4, -0.2) is 42.4 Å². The van der Waals surface area contributed by atoms with Crippen LogP contribution in [0.2, 0.25) is 0 Å². The second-order valence-electron chi connectivity index (χ2n) is 3.80. The Labute approximate surface area is 99.8 Å². The number of halogens is 1. The highest BCUT2D eigenvalue weighted by atomic mass is 79.9. The summed E-state index contributed by atoms with van der Waals surface area (Å²) in [4.78, 5) is 2.17. The van der Waals surface area contributed by atoms with Crippen LogP contribution in [0.4, 0.5) is 0 Å². The fourth-order valence-electron chi connectivity index (χ4n) is 1.65. The Balaban J connectivity index is 2.94. The molecule has 1 N–H and O–H groups in total. The van der Waals surface area contributed by atoms with E-state index in [1.807, 2.05) is 17.9 Å². The van der Waals surface area contributed by atoms with E-state index in [1.165, 1.54) is 5.69 Å². The Morgan fingerprint density at radius 2 is 2.27 bits per heavy atom. The maximum absolute atomic E-state index is 4.32. The van der Waals surface area contributed by atoms with E-state index in [9.17, 15) is 0 Å². The molecule has 1 aromatic heterocycles. The topological polar surface area (TPSA) is 33.1 Å². The molecular formula is C10H19BrN4. The molecule has 86 valence electrons. The molecule has 1 heterocycles. The van der Waals surface area contributed by atoms with E-state index in [1.54, 1.807) is 0 Å². The van der Waals surface area contributed by atoms with Gasteiger partial charge in [0.05, 0.1) is 22.4 Å². The number of rotatable bonds is 5. The third-order valence-electron chi connectivity index (χ3n) is 2.36. The molecule has 15 heavy (non-hydrogen) atoms. The fourth-order valence-corrected chi connectivity index (χ4v) is 2.22. The number of hydrogen-bond acceptors (Lipinski definition) is 3. The molecule has 0 fully saturated rings. The molecule has 0 bridgehead atoms. The van der Waals surface area contributed by atoms with E-state index >= 15 is 0 Å². The van der Waals surface area contributed by atoms with Crippen molar-refractivity contribution in [3.8, 4) is 0 Å². The van der Waals surface area contributed by atoms with Crippen molar-refractivity contribution in [3.63, 3.8) is 0 Å². The van der Waals surface area contributed by atoms with Gasteiger partial charge >= 0.3 is 0 Å². The van der Waals surface area contributed by atoms with E-state index in [-0.39, 0.29) is 0 Å². The molecule has 0 radical (unpaired) electrons. The average Bonchev–Trinajstić information content (AvgIpc) is 2.56. The second-order valence-corrected chi connectivity index (χ2v) is 4.65. The first-order valence-electron chi connectivity index (χ1n) is 5.13. The Bertz CT molecular complexity index is 308. The van der Waals surface area contributed by atoms with Gasteiger partial charge in [0.1, 0.15) is 0 Å². The highest BCUT2D eigenvalue weighted by Crippen LogP contribution is 2.23. The smallest absolute Gasteiger partial charge is 0.0708 e. The van der Waals surface area contributed by atoms with Gasteiger partial charge in [0, 0.05) is 13.1 Å². The average molecular weight is 275 g/mol. The van der Waals surface area contributed by atoms with Crippen molar-refractivity contribution in [2.24, 2.45) is 0 Å². The largest absolute Gasteiger partial charge is 0.311 e. The van der Waals surface area contributed by atoms with Crippen LogP contribution in [0.5, 0.6) is 0 Å². The van der Waals surface area contributed by atoms with Crippen molar-refractivity contribution in [2.45, 2.75) is 19.5 Å². The van der Waals surface area contributed by atoms with Crippen molar-refractivity contribution in [1.29, 1.82) is 0 Å². The Kier molecular flexibility index (Phi) is 4.76. The minimum atomic E-state index is 0.303. The predicted octanol–water partition coefficient (Wildman–Crippen LogP) is 1.49. The van der Waals surface area contributed by atoms with Crippen LogP contribution >= 0.6 is 15.9 Å². The van der Waals surface area contributed by atoms with Gasteiger partial charge in [-0.15, -0.1) is 0 Å². The maximum Gasteiger partial charge on any atom is 0.0708 e. The fraction of sp³-hybridized carbons (Fsp3) is 0.700. The van der Waals surface area contributed by atoms with Crippen LogP contribution < -0.4 is 5.32 Å². The highest BCUT2D eigenvalue weighted by Gasteiger charge is 2.18. The zero-order chi connectivity index (χ0) is 11.4. The van der Waals surface area contributed by atoms with E-state index < -0.39 is 0 Å². The van der Waals surface area contributed by atoms with Crippen molar-refractivity contribution < 1.29 is 0 Å². The van der Waals surface area contributed by atoms with Gasteiger partial charge in [0.15, 0.2) is 0 Å². The van der Waals surface area contributed by atoms with Gasteiger partial charge in [0.2, 0.25) is 0 Å². The lowest BCUT2D eigenvalue weighted by atomic mass is 10.2. The molecule has 1 unspecified atom stereocenters. The molecule has 5 heteroatoms. The summed E-state index contributed by atoms with van der Waals surface area (Å²) in [5.41, 5.74) is 1.22. The Morgan fingerprint density at radius 1 is 1.60 bits per heavy atom. The van der Waals surface area contributed by atoms with E-state index in [0.717, 1.165) is 17.6 Å². The van der Waals surface area contributed by atoms with Gasteiger partial charge in [-0.1, -0.05) is 0 Å². The van der Waals surface area contributed by atoms with Crippen LogP contribution in [0.15, 0.2) is 10.7 Å². The molecule has 1 rings (SSSR count). The third kappa shape index (κ3) is 3.03. The second kappa shape index (κ2) is 5.63. The standard InChI is InChI=1S/C10H19BrN4/c1-5-15-10(8(11)6-13-15)9(12-2)7-14(3)4/h6,9,12H,5,7H2,1-4H3. The predicted molar refractivity (Wildman–Crippen MR) is 66.0 cm³/mol. The minimum absolute atomic E-state index is 0.303. The summed E-state index contributed by atoms with van der Waals surface area (Å²) in [5, 5.41) is 7.64. The number of aryl methyl sites for hydroxylation is 1. The van der Waals surface area contributed by atoms with Gasteiger partial charge in [-0.25, -0.2) is 0 Å². The van der Waals surface area contributed by atoms with E-state index in [4.69, 9.17) is 0 Å². The van der Waals surface area contributed by atoms with Crippen LogP contribution in [0.3, 0.4) is 0 Å². The van der Waals surface area contributed by atoms with Crippen molar-refractivity contribution in [2.75, 3.05) is 27.7 Å². The van der Waals surface area contributed by atoms with E-state index in [2.05, 4.69) is 52.3 Å². The lowest BCUT2D eigenvalue weighted by Gasteiger charge is -2.21. The zero-order valence-electron chi connectivity index (χ0n) is 9.79. The molecule has 0 aliphatic heterocycles. The van der Waals surface area contributed by atoms with Gasteiger partial charge in [-0.2, -0.15) is 5.10 Å². The molecule has 1 atom stereocenters. The highest BCUT2D eigenvalue weighted by molar-refractivity contribution is 9.10. The van der Waals surface area contributed by atoms with Crippen LogP contribution in [0.1, 0.15) is 18.7 Å². The molecule has 0 aliphatic carbocycles. The lowest BCUT2D eigenvalue weighted by Crippen LogP contribution is -2.30. The normalized spacial score (nSPS) is 13.5. The monoisotopic (exact) mass is 274 g/mol. The summed E-state index contributed by atoms with van der Waals surface area (Å²) >= 11 is 3.55. The first-order chi connectivity index (χ1) is 7.10. The van der Waals surface area contributed by atoms with Crippen LogP contribution in [0.25, 0.3) is 0 Å². The maximum atomic E-state index is 4.32. The summed E-state index contributed by atoms with van der Waals surface area (Å²) in [5.74, 6) is 0. The number of likely N-dealkylation sites (N-methyl/N-ethyl adjacent to an activating group) is 2. The molecular weight excluding hydrogens is 256 g/mol. The summed E-state index contributed by atoms with van der Waals surface area (Å²) < 4.78 is 3.10. The molecule has 4 nitrogen and oxygen atoms in total. The van der Waals surface area contributed by atoms with Crippen molar-refractivity contribution in [3.05, 3.63) is 16.4 Å². The molecule has 0 amide bonds. The zero-order valence-corrected chi connectivity index (χ0v) is 11.4. The molecule has 0 saturated heterocycles. The lowest BCUT2D eigenvalue weighted by molar-refractivity contribution is 0.340. The Hall–Kier alpha value is -0.390. The van der Waals surface area contributed by atoms with Crippen LogP contribution in [-0.2, 0) is 6.54 Å². The van der Waals surface area contributed by atoms with E-state index in [0.29, 0.717) is 6.04 Å². The van der Waals surface area contributed by atoms with Gasteiger partial charge < -0.3 is 10.2 Å². The Morgan fingerprint density at radius 3 is 2.73 bits per heavy atom. The SMILES string of the molecule is CCn1ncc(Br)c1C(CN(C)C)NC. The summed E-state index contributed by atoms with van der Waals surface area (Å²) in [6, 6.07) is 0.303. The molecule has 0 aliphatic rings. The number of nitrogens with one attached hydrogen (secondary N) is 1. The molecule has 0 saturated carbocycles. The summed E-state index contributed by atoms with van der Waals surface area (Å²) in [7, 11) is 6.13. The first kappa shape index (κ1) is 12.7. The van der Waals surface area contributed by atoms with Crippen LogP contribution in [0, 0.1) is 0 Å². The number of hydrogen-bond donors (Lipinski definition) is 1. The summed E-state index contributed by atoms with van der Waals surface area (Å²) in [6.45, 7) is 3.96. The third-order valence-corrected chi connectivity index (χ3v) is 2.97. The molecule has 0 spiro atoms. The number of aromatic nitrogens is 2. The minimum Gasteiger partial charge on any atom is -0.311 e. The van der Waals surface area contributed by atoms with Gasteiger partial charge in [-0.05, 0) is 44.0 Å². The summed E-state index contributed by atoms with van der Waals surface area (Å²) in [6.07, 6.45) is 1.86. The first-order valence-corrected chi connectivity index (χ1v) is 5.92. The molecule has 1 aromatic rings.